The molecular formula is C19H23ClN2O3. The lowest BCUT2D eigenvalue weighted by Crippen LogP contribution is -2.58. The molecule has 5 nitrogen and oxygen atoms in total. The molecule has 0 radical (unpaired) electrons. The molecule has 1 heterocycles. The number of rotatable bonds is 4. The van der Waals surface area contributed by atoms with Crippen LogP contribution in [0, 0.1) is 5.41 Å². The number of barbiturate groups is 1. The van der Waals surface area contributed by atoms with Gasteiger partial charge >= 0.3 is 6.03 Å². The number of carbonyl (C=O) groups is 3. The zero-order valence-corrected chi connectivity index (χ0v) is 15.4. The molecule has 0 bridgehead atoms. The van der Waals surface area contributed by atoms with Crippen molar-refractivity contribution in [1.29, 1.82) is 0 Å². The van der Waals surface area contributed by atoms with E-state index in [-0.39, 0.29) is 30.3 Å². The average molecular weight is 363 g/mol. The highest BCUT2D eigenvalue weighted by Gasteiger charge is 2.45. The van der Waals surface area contributed by atoms with Gasteiger partial charge in [0.25, 0.3) is 0 Å². The number of hydrogen-bond donors (Lipinski definition) is 0. The summed E-state index contributed by atoms with van der Waals surface area (Å²) >= 11 is 5.98. The van der Waals surface area contributed by atoms with Gasteiger partial charge < -0.3 is 0 Å². The van der Waals surface area contributed by atoms with Crippen LogP contribution in [0.5, 0.6) is 0 Å². The van der Waals surface area contributed by atoms with E-state index in [0.717, 1.165) is 24.8 Å². The van der Waals surface area contributed by atoms with Crippen molar-refractivity contribution in [1.82, 2.24) is 9.80 Å². The van der Waals surface area contributed by atoms with Crippen LogP contribution < -0.4 is 0 Å². The quantitative estimate of drug-likeness (QED) is 0.768. The minimum atomic E-state index is -0.467. The lowest BCUT2D eigenvalue weighted by molar-refractivity contribution is -0.143. The Morgan fingerprint density at radius 3 is 2.60 bits per heavy atom. The molecule has 1 aromatic rings. The lowest BCUT2D eigenvalue weighted by atomic mass is 9.91. The number of hydrogen-bond acceptors (Lipinski definition) is 3. The molecule has 2 fully saturated rings. The largest absolute Gasteiger partial charge is 0.333 e. The maximum Gasteiger partial charge on any atom is 0.333 e. The van der Waals surface area contributed by atoms with Crippen LogP contribution in [0.15, 0.2) is 24.3 Å². The van der Waals surface area contributed by atoms with E-state index in [1.165, 1.54) is 9.80 Å². The number of nitrogens with zero attached hydrogens (tertiary/aromatic N) is 2. The fraction of sp³-hybridized carbons (Fsp3) is 0.526. The third kappa shape index (κ3) is 3.87. The zero-order valence-electron chi connectivity index (χ0n) is 14.6. The summed E-state index contributed by atoms with van der Waals surface area (Å²) in [4.78, 5) is 39.9. The van der Waals surface area contributed by atoms with Gasteiger partial charge in [0.2, 0.25) is 11.8 Å². The molecule has 1 saturated heterocycles. The van der Waals surface area contributed by atoms with E-state index in [1.54, 1.807) is 6.07 Å². The van der Waals surface area contributed by atoms with E-state index in [2.05, 4.69) is 13.8 Å². The van der Waals surface area contributed by atoms with Crippen LogP contribution in [0.2, 0.25) is 5.02 Å². The van der Waals surface area contributed by atoms with Crippen LogP contribution >= 0.6 is 11.6 Å². The summed E-state index contributed by atoms with van der Waals surface area (Å²) in [5.41, 5.74) is 1.08. The Hall–Kier alpha value is -1.88. The van der Waals surface area contributed by atoms with Gasteiger partial charge in [0, 0.05) is 17.6 Å². The third-order valence-electron chi connectivity index (χ3n) is 5.13. The maximum atomic E-state index is 12.8. The Morgan fingerprint density at radius 2 is 1.96 bits per heavy atom. The molecule has 2 aliphatic rings. The molecule has 0 aromatic heterocycles. The van der Waals surface area contributed by atoms with Crippen LogP contribution in [0.1, 0.15) is 45.1 Å². The predicted molar refractivity (Wildman–Crippen MR) is 95.1 cm³/mol. The summed E-state index contributed by atoms with van der Waals surface area (Å²) in [6.45, 7) is 4.56. The summed E-state index contributed by atoms with van der Waals surface area (Å²) in [6, 6.07) is 6.79. The van der Waals surface area contributed by atoms with Crippen LogP contribution in [0.3, 0.4) is 0 Å². The van der Waals surface area contributed by atoms with Gasteiger partial charge in [-0.3, -0.25) is 19.4 Å². The van der Waals surface area contributed by atoms with Crippen molar-refractivity contribution in [2.45, 2.75) is 52.0 Å². The Balaban J connectivity index is 1.72. The van der Waals surface area contributed by atoms with Crippen LogP contribution in [0.4, 0.5) is 4.79 Å². The van der Waals surface area contributed by atoms with E-state index < -0.39 is 11.9 Å². The van der Waals surface area contributed by atoms with E-state index in [0.29, 0.717) is 11.4 Å². The smallest absolute Gasteiger partial charge is 0.274 e. The summed E-state index contributed by atoms with van der Waals surface area (Å²) < 4.78 is 0. The predicted octanol–water partition coefficient (Wildman–Crippen LogP) is 3.64. The first-order valence-electron chi connectivity index (χ1n) is 8.68. The van der Waals surface area contributed by atoms with Crippen LogP contribution in [-0.2, 0) is 16.0 Å². The molecule has 1 aliphatic carbocycles. The molecular weight excluding hydrogens is 340 g/mol. The monoisotopic (exact) mass is 362 g/mol. The van der Waals surface area contributed by atoms with Gasteiger partial charge in [0.15, 0.2) is 0 Å². The summed E-state index contributed by atoms with van der Waals surface area (Å²) in [7, 11) is 0. The normalized spacial score (nSPS) is 23.5. The van der Waals surface area contributed by atoms with Gasteiger partial charge in [0.05, 0.1) is 0 Å². The molecule has 1 aliphatic heterocycles. The minimum Gasteiger partial charge on any atom is -0.274 e. The molecule has 4 amide bonds. The van der Waals surface area contributed by atoms with E-state index in [4.69, 9.17) is 11.6 Å². The molecule has 0 N–H and O–H groups in total. The number of amides is 4. The number of benzene rings is 1. The molecule has 134 valence electrons. The van der Waals surface area contributed by atoms with Gasteiger partial charge in [-0.05, 0) is 48.8 Å². The molecule has 6 heteroatoms. The number of imide groups is 2. The van der Waals surface area contributed by atoms with Crippen molar-refractivity contribution < 1.29 is 14.4 Å². The second kappa shape index (κ2) is 6.79. The van der Waals surface area contributed by atoms with E-state index >= 15 is 0 Å². The highest BCUT2D eigenvalue weighted by atomic mass is 35.5. The SMILES string of the molecule is CC1(C)CCC(N2C(=O)CC(=O)N(CCc3cccc(Cl)c3)C2=O)C1. The summed E-state index contributed by atoms with van der Waals surface area (Å²) in [5.74, 6) is -0.776. The molecule has 25 heavy (non-hydrogen) atoms. The van der Waals surface area contributed by atoms with Crippen molar-refractivity contribution >= 4 is 29.4 Å². The molecule has 1 unspecified atom stereocenters. The van der Waals surface area contributed by atoms with Gasteiger partial charge in [-0.25, -0.2) is 4.79 Å². The van der Waals surface area contributed by atoms with Crippen LogP contribution in [0.25, 0.3) is 0 Å². The highest BCUT2D eigenvalue weighted by Crippen LogP contribution is 2.40. The van der Waals surface area contributed by atoms with Crippen molar-refractivity contribution in [2.24, 2.45) is 5.41 Å². The zero-order chi connectivity index (χ0) is 18.2. The third-order valence-corrected chi connectivity index (χ3v) is 5.37. The van der Waals surface area contributed by atoms with Crippen LogP contribution in [-0.4, -0.2) is 40.2 Å². The second-order valence-electron chi connectivity index (χ2n) is 7.71. The fourth-order valence-corrected chi connectivity index (χ4v) is 4.00. The second-order valence-corrected chi connectivity index (χ2v) is 8.15. The Morgan fingerprint density at radius 1 is 1.20 bits per heavy atom. The number of carbonyl (C=O) groups excluding carboxylic acids is 3. The number of urea groups is 1. The van der Waals surface area contributed by atoms with Gasteiger partial charge in [-0.2, -0.15) is 0 Å². The van der Waals surface area contributed by atoms with Crippen molar-refractivity contribution in [2.75, 3.05) is 6.54 Å². The molecule has 1 aromatic carbocycles. The number of halogens is 1. The average Bonchev–Trinajstić information content (AvgIpc) is 2.86. The standard InChI is InChI=1S/C19H23ClN2O3/c1-19(2)8-6-15(12-19)22-17(24)11-16(23)21(18(22)25)9-7-13-4-3-5-14(20)10-13/h3-5,10,15H,6-9,11-12H2,1-2H3. The van der Waals surface area contributed by atoms with Crippen molar-refractivity contribution in [3.05, 3.63) is 34.9 Å². The van der Waals surface area contributed by atoms with E-state index in [9.17, 15) is 14.4 Å². The van der Waals surface area contributed by atoms with E-state index in [1.807, 2.05) is 18.2 Å². The van der Waals surface area contributed by atoms with Gasteiger partial charge in [-0.15, -0.1) is 0 Å². The molecule has 3 rings (SSSR count). The summed E-state index contributed by atoms with van der Waals surface area (Å²) in [5, 5.41) is 0.624. The first-order valence-corrected chi connectivity index (χ1v) is 9.05. The lowest BCUT2D eigenvalue weighted by Gasteiger charge is -2.36. The Kier molecular flexibility index (Phi) is 4.87. The molecule has 0 spiro atoms. The van der Waals surface area contributed by atoms with Gasteiger partial charge in [-0.1, -0.05) is 37.6 Å². The highest BCUT2D eigenvalue weighted by molar-refractivity contribution is 6.30. The van der Waals surface area contributed by atoms with Crippen molar-refractivity contribution in [3.8, 4) is 0 Å². The maximum absolute atomic E-state index is 12.8. The Labute approximate surface area is 152 Å². The molecule has 1 atom stereocenters. The molecule has 1 saturated carbocycles. The first-order chi connectivity index (χ1) is 11.8. The topological polar surface area (TPSA) is 57.7 Å². The minimum absolute atomic E-state index is 0.100. The van der Waals surface area contributed by atoms with Crippen molar-refractivity contribution in [3.63, 3.8) is 0 Å². The van der Waals surface area contributed by atoms with Gasteiger partial charge in [0.1, 0.15) is 6.42 Å². The fourth-order valence-electron chi connectivity index (χ4n) is 3.79. The Bertz CT molecular complexity index is 716. The first kappa shape index (κ1) is 17.9. The summed E-state index contributed by atoms with van der Waals surface area (Å²) in [6.07, 6.45) is 2.88.